The zero-order chi connectivity index (χ0) is 19.2. The van der Waals surface area contributed by atoms with Crippen LogP contribution in [0, 0.1) is 6.92 Å². The van der Waals surface area contributed by atoms with Crippen LogP contribution in [-0.4, -0.2) is 17.7 Å². The SMILES string of the molecule is Cc1cccc(CNC(=O)Nc2ccc(NC(=O)OC(C)(C)C)cc2)c1. The van der Waals surface area contributed by atoms with Crippen molar-refractivity contribution in [3.05, 3.63) is 59.7 Å². The summed E-state index contributed by atoms with van der Waals surface area (Å²) in [5.74, 6) is 0. The van der Waals surface area contributed by atoms with E-state index in [0.29, 0.717) is 17.9 Å². The van der Waals surface area contributed by atoms with E-state index in [-0.39, 0.29) is 6.03 Å². The summed E-state index contributed by atoms with van der Waals surface area (Å²) in [7, 11) is 0. The van der Waals surface area contributed by atoms with Gasteiger partial charge in [0.2, 0.25) is 0 Å². The fraction of sp³-hybridized carbons (Fsp3) is 0.300. The van der Waals surface area contributed by atoms with Crippen LogP contribution in [0.2, 0.25) is 0 Å². The second-order valence-electron chi connectivity index (χ2n) is 7.00. The molecule has 0 atom stereocenters. The highest BCUT2D eigenvalue weighted by molar-refractivity contribution is 5.90. The van der Waals surface area contributed by atoms with Gasteiger partial charge in [-0.3, -0.25) is 5.32 Å². The van der Waals surface area contributed by atoms with E-state index in [1.807, 2.05) is 31.2 Å². The van der Waals surface area contributed by atoms with Gasteiger partial charge in [0.15, 0.2) is 0 Å². The highest BCUT2D eigenvalue weighted by atomic mass is 16.6. The quantitative estimate of drug-likeness (QED) is 0.746. The van der Waals surface area contributed by atoms with Gasteiger partial charge in [-0.1, -0.05) is 29.8 Å². The number of benzene rings is 2. The van der Waals surface area contributed by atoms with Crippen molar-refractivity contribution in [2.75, 3.05) is 10.6 Å². The normalized spacial score (nSPS) is 10.8. The van der Waals surface area contributed by atoms with E-state index in [1.165, 1.54) is 0 Å². The first-order valence-corrected chi connectivity index (χ1v) is 8.42. The molecular formula is C20H25N3O3. The minimum atomic E-state index is -0.555. The Hall–Kier alpha value is -3.02. The largest absolute Gasteiger partial charge is 0.444 e. The lowest BCUT2D eigenvalue weighted by molar-refractivity contribution is 0.0636. The summed E-state index contributed by atoms with van der Waals surface area (Å²) in [5.41, 5.74) is 2.85. The summed E-state index contributed by atoms with van der Waals surface area (Å²) < 4.78 is 5.19. The first kappa shape index (κ1) is 19.3. The van der Waals surface area contributed by atoms with Crippen LogP contribution in [0.1, 0.15) is 31.9 Å². The number of carbonyl (C=O) groups excluding carboxylic acids is 2. The van der Waals surface area contributed by atoms with Crippen LogP contribution in [0.15, 0.2) is 48.5 Å². The number of urea groups is 1. The van der Waals surface area contributed by atoms with Crippen molar-refractivity contribution in [3.63, 3.8) is 0 Å². The van der Waals surface area contributed by atoms with Crippen molar-refractivity contribution in [2.45, 2.75) is 39.8 Å². The van der Waals surface area contributed by atoms with Crippen LogP contribution in [0.3, 0.4) is 0 Å². The van der Waals surface area contributed by atoms with E-state index in [4.69, 9.17) is 4.74 Å². The van der Waals surface area contributed by atoms with Crippen LogP contribution in [0.25, 0.3) is 0 Å². The fourth-order valence-corrected chi connectivity index (χ4v) is 2.24. The van der Waals surface area contributed by atoms with Gasteiger partial charge in [0, 0.05) is 17.9 Å². The predicted molar refractivity (Wildman–Crippen MR) is 103 cm³/mol. The van der Waals surface area contributed by atoms with Gasteiger partial charge in [-0.05, 0) is 57.5 Å². The van der Waals surface area contributed by atoms with Gasteiger partial charge in [-0.2, -0.15) is 0 Å². The lowest BCUT2D eigenvalue weighted by Crippen LogP contribution is -2.28. The lowest BCUT2D eigenvalue weighted by atomic mass is 10.1. The molecule has 2 rings (SSSR count). The van der Waals surface area contributed by atoms with E-state index >= 15 is 0 Å². The van der Waals surface area contributed by atoms with Crippen LogP contribution in [0.4, 0.5) is 21.0 Å². The Morgan fingerprint density at radius 2 is 1.58 bits per heavy atom. The lowest BCUT2D eigenvalue weighted by Gasteiger charge is -2.19. The molecule has 6 heteroatoms. The summed E-state index contributed by atoms with van der Waals surface area (Å²) in [6.07, 6.45) is -0.519. The monoisotopic (exact) mass is 355 g/mol. The summed E-state index contributed by atoms with van der Waals surface area (Å²) in [6.45, 7) is 7.86. The van der Waals surface area contributed by atoms with Gasteiger partial charge >= 0.3 is 12.1 Å². The topological polar surface area (TPSA) is 79.5 Å². The number of anilines is 2. The molecule has 3 amide bonds. The second kappa shape index (κ2) is 8.38. The Balaban J connectivity index is 1.82. The third kappa shape index (κ3) is 6.84. The molecule has 0 aliphatic carbocycles. The molecule has 0 saturated heterocycles. The third-order valence-corrected chi connectivity index (χ3v) is 3.32. The van der Waals surface area contributed by atoms with Crippen LogP contribution < -0.4 is 16.0 Å². The van der Waals surface area contributed by atoms with Crippen LogP contribution in [0.5, 0.6) is 0 Å². The van der Waals surface area contributed by atoms with E-state index < -0.39 is 11.7 Å². The summed E-state index contributed by atoms with van der Waals surface area (Å²) >= 11 is 0. The maximum absolute atomic E-state index is 12.0. The minimum absolute atomic E-state index is 0.292. The Kier molecular flexibility index (Phi) is 6.22. The number of amides is 3. The van der Waals surface area contributed by atoms with Crippen LogP contribution >= 0.6 is 0 Å². The maximum atomic E-state index is 12.0. The Labute approximate surface area is 153 Å². The molecule has 3 N–H and O–H groups in total. The average molecular weight is 355 g/mol. The fourth-order valence-electron chi connectivity index (χ4n) is 2.24. The predicted octanol–water partition coefficient (Wildman–Crippen LogP) is 4.66. The molecule has 26 heavy (non-hydrogen) atoms. The number of nitrogens with one attached hydrogen (secondary N) is 3. The molecule has 0 unspecified atom stereocenters. The molecule has 0 fully saturated rings. The Morgan fingerprint density at radius 3 is 2.15 bits per heavy atom. The minimum Gasteiger partial charge on any atom is -0.444 e. The third-order valence-electron chi connectivity index (χ3n) is 3.32. The summed E-state index contributed by atoms with van der Waals surface area (Å²) in [6, 6.07) is 14.5. The summed E-state index contributed by atoms with van der Waals surface area (Å²) in [4.78, 5) is 23.7. The number of carbonyl (C=O) groups is 2. The molecule has 0 saturated carbocycles. The number of hydrogen-bond donors (Lipinski definition) is 3. The number of hydrogen-bond acceptors (Lipinski definition) is 3. The van der Waals surface area contributed by atoms with E-state index in [1.54, 1.807) is 45.0 Å². The Bertz CT molecular complexity index is 765. The van der Waals surface area contributed by atoms with Crippen molar-refractivity contribution < 1.29 is 14.3 Å². The van der Waals surface area contributed by atoms with Gasteiger partial charge < -0.3 is 15.4 Å². The van der Waals surface area contributed by atoms with Gasteiger partial charge in [0.05, 0.1) is 0 Å². The molecule has 6 nitrogen and oxygen atoms in total. The highest BCUT2D eigenvalue weighted by Crippen LogP contribution is 2.15. The van der Waals surface area contributed by atoms with Gasteiger partial charge in [0.25, 0.3) is 0 Å². The molecule has 0 aliphatic heterocycles. The number of ether oxygens (including phenoxy) is 1. The van der Waals surface area contributed by atoms with Crippen molar-refractivity contribution in [1.82, 2.24) is 5.32 Å². The Morgan fingerprint density at radius 1 is 0.962 bits per heavy atom. The van der Waals surface area contributed by atoms with E-state index in [0.717, 1.165) is 11.1 Å². The van der Waals surface area contributed by atoms with Crippen molar-refractivity contribution in [1.29, 1.82) is 0 Å². The second-order valence-corrected chi connectivity index (χ2v) is 7.00. The zero-order valence-electron chi connectivity index (χ0n) is 15.6. The van der Waals surface area contributed by atoms with Crippen molar-refractivity contribution >= 4 is 23.5 Å². The average Bonchev–Trinajstić information content (AvgIpc) is 2.53. The molecule has 0 spiro atoms. The highest BCUT2D eigenvalue weighted by Gasteiger charge is 2.16. The molecule has 2 aromatic carbocycles. The maximum Gasteiger partial charge on any atom is 0.412 e. The van der Waals surface area contributed by atoms with Crippen LogP contribution in [-0.2, 0) is 11.3 Å². The van der Waals surface area contributed by atoms with E-state index in [2.05, 4.69) is 16.0 Å². The van der Waals surface area contributed by atoms with Crippen molar-refractivity contribution in [3.8, 4) is 0 Å². The number of aryl methyl sites for hydroxylation is 1. The standard InChI is InChI=1S/C20H25N3O3/c1-14-6-5-7-15(12-14)13-21-18(24)22-16-8-10-17(11-9-16)23-19(25)26-20(2,3)4/h5-12H,13H2,1-4H3,(H,23,25)(H2,21,22,24). The van der Waals surface area contributed by atoms with Gasteiger partial charge in [-0.15, -0.1) is 0 Å². The van der Waals surface area contributed by atoms with Gasteiger partial charge in [-0.25, -0.2) is 9.59 Å². The smallest absolute Gasteiger partial charge is 0.412 e. The molecule has 138 valence electrons. The van der Waals surface area contributed by atoms with Crippen molar-refractivity contribution in [2.24, 2.45) is 0 Å². The first-order chi connectivity index (χ1) is 12.2. The van der Waals surface area contributed by atoms with E-state index in [9.17, 15) is 9.59 Å². The molecular weight excluding hydrogens is 330 g/mol. The molecule has 2 aromatic rings. The molecule has 0 radical (unpaired) electrons. The summed E-state index contributed by atoms with van der Waals surface area (Å²) in [5, 5.41) is 8.20. The van der Waals surface area contributed by atoms with Gasteiger partial charge in [0.1, 0.15) is 5.60 Å². The molecule has 0 aliphatic rings. The molecule has 0 aromatic heterocycles. The molecule has 0 heterocycles. The number of rotatable bonds is 4. The molecule has 0 bridgehead atoms. The zero-order valence-corrected chi connectivity index (χ0v) is 15.6. The first-order valence-electron chi connectivity index (χ1n) is 8.42.